The van der Waals surface area contributed by atoms with E-state index >= 15 is 0 Å². The number of halogens is 1. The molecule has 100 valence electrons. The normalized spacial score (nSPS) is 11.6. The van der Waals surface area contributed by atoms with Crippen LogP contribution in [0.4, 0.5) is 4.39 Å². The summed E-state index contributed by atoms with van der Waals surface area (Å²) in [5, 5.41) is 12.5. The van der Waals surface area contributed by atoms with Crippen LogP contribution in [0.25, 0.3) is 10.9 Å². The molecule has 0 fully saturated rings. The van der Waals surface area contributed by atoms with Crippen LogP contribution < -0.4 is 5.32 Å². The van der Waals surface area contributed by atoms with Gasteiger partial charge in [-0.25, -0.2) is 9.37 Å². The maximum Gasteiger partial charge on any atom is 0.270 e. The summed E-state index contributed by atoms with van der Waals surface area (Å²) in [6.07, 6.45) is 0. The minimum absolute atomic E-state index is 0.180. The first-order valence-corrected chi connectivity index (χ1v) is 5.91. The summed E-state index contributed by atoms with van der Waals surface area (Å²) < 4.78 is 13.1. The van der Waals surface area contributed by atoms with E-state index in [0.29, 0.717) is 5.52 Å². The summed E-state index contributed by atoms with van der Waals surface area (Å²) in [6.45, 7) is 3.22. The highest BCUT2D eigenvalue weighted by Gasteiger charge is 2.20. The van der Waals surface area contributed by atoms with Crippen LogP contribution >= 0.6 is 0 Å². The first kappa shape index (κ1) is 13.4. The summed E-state index contributed by atoms with van der Waals surface area (Å²) >= 11 is 0. The summed E-state index contributed by atoms with van der Waals surface area (Å²) in [7, 11) is 0. The van der Waals surface area contributed by atoms with E-state index in [0.717, 1.165) is 5.39 Å². The fraction of sp³-hybridized carbons (Fsp3) is 0.286. The van der Waals surface area contributed by atoms with Gasteiger partial charge in [0.25, 0.3) is 5.91 Å². The fourth-order valence-electron chi connectivity index (χ4n) is 1.63. The average Bonchev–Trinajstić information content (AvgIpc) is 2.37. The Labute approximate surface area is 110 Å². The third-order valence-corrected chi connectivity index (χ3v) is 2.73. The van der Waals surface area contributed by atoms with E-state index in [-0.39, 0.29) is 12.3 Å². The molecular formula is C14H15FN2O2. The van der Waals surface area contributed by atoms with Gasteiger partial charge in [-0.2, -0.15) is 0 Å². The number of carbonyl (C=O) groups is 1. The Morgan fingerprint density at radius 1 is 1.37 bits per heavy atom. The van der Waals surface area contributed by atoms with Gasteiger partial charge >= 0.3 is 0 Å². The van der Waals surface area contributed by atoms with Crippen molar-refractivity contribution in [3.63, 3.8) is 0 Å². The van der Waals surface area contributed by atoms with Crippen molar-refractivity contribution in [3.8, 4) is 0 Å². The van der Waals surface area contributed by atoms with Gasteiger partial charge in [0, 0.05) is 11.5 Å². The molecule has 0 saturated carbocycles. The van der Waals surface area contributed by atoms with Gasteiger partial charge in [-0.15, -0.1) is 0 Å². The zero-order valence-corrected chi connectivity index (χ0v) is 10.8. The smallest absolute Gasteiger partial charge is 0.270 e. The molecule has 0 unspecified atom stereocenters. The third kappa shape index (κ3) is 3.06. The minimum Gasteiger partial charge on any atom is -0.394 e. The monoisotopic (exact) mass is 262 g/mol. The van der Waals surface area contributed by atoms with Crippen molar-refractivity contribution in [1.82, 2.24) is 10.3 Å². The molecule has 19 heavy (non-hydrogen) atoms. The van der Waals surface area contributed by atoms with Crippen LogP contribution in [0.1, 0.15) is 24.3 Å². The molecule has 2 rings (SSSR count). The Bertz CT molecular complexity index is 626. The number of hydrogen-bond donors (Lipinski definition) is 2. The quantitative estimate of drug-likeness (QED) is 0.887. The van der Waals surface area contributed by atoms with Gasteiger partial charge in [0.15, 0.2) is 0 Å². The highest BCUT2D eigenvalue weighted by Crippen LogP contribution is 2.14. The standard InChI is InChI=1S/C14H15FN2O2/c1-14(2,8-18)17-13(19)11-6-4-9-3-5-10(15)7-12(9)16-11/h3-7,18H,8H2,1-2H3,(H,17,19). The van der Waals surface area contributed by atoms with E-state index in [1.165, 1.54) is 12.1 Å². The number of benzene rings is 1. The van der Waals surface area contributed by atoms with E-state index in [1.54, 1.807) is 32.0 Å². The summed E-state index contributed by atoms with van der Waals surface area (Å²) in [5.74, 6) is -0.793. The molecule has 0 aliphatic carbocycles. The van der Waals surface area contributed by atoms with Crippen LogP contribution in [0, 0.1) is 5.82 Å². The molecule has 0 spiro atoms. The zero-order chi connectivity index (χ0) is 14.0. The summed E-state index contributed by atoms with van der Waals surface area (Å²) in [4.78, 5) is 16.1. The summed E-state index contributed by atoms with van der Waals surface area (Å²) in [6, 6.07) is 7.52. The lowest BCUT2D eigenvalue weighted by Crippen LogP contribution is -2.46. The number of nitrogens with zero attached hydrogens (tertiary/aromatic N) is 1. The van der Waals surface area contributed by atoms with Gasteiger partial charge in [0.1, 0.15) is 11.5 Å². The van der Waals surface area contributed by atoms with Crippen LogP contribution in [0.3, 0.4) is 0 Å². The lowest BCUT2D eigenvalue weighted by Gasteiger charge is -2.23. The molecule has 1 aromatic carbocycles. The number of aliphatic hydroxyl groups is 1. The van der Waals surface area contributed by atoms with Crippen molar-refractivity contribution in [1.29, 1.82) is 0 Å². The van der Waals surface area contributed by atoms with Crippen molar-refractivity contribution >= 4 is 16.8 Å². The largest absolute Gasteiger partial charge is 0.394 e. The number of fused-ring (bicyclic) bond motifs is 1. The average molecular weight is 262 g/mol. The molecule has 1 heterocycles. The molecular weight excluding hydrogens is 247 g/mol. The van der Waals surface area contributed by atoms with Crippen molar-refractivity contribution < 1.29 is 14.3 Å². The molecule has 0 aliphatic heterocycles. The first-order chi connectivity index (χ1) is 8.91. The van der Waals surface area contributed by atoms with Crippen LogP contribution in [-0.2, 0) is 0 Å². The topological polar surface area (TPSA) is 62.2 Å². The van der Waals surface area contributed by atoms with Gasteiger partial charge in [-0.1, -0.05) is 6.07 Å². The Hall–Kier alpha value is -2.01. The Morgan fingerprint density at radius 3 is 2.74 bits per heavy atom. The van der Waals surface area contributed by atoms with Gasteiger partial charge < -0.3 is 10.4 Å². The SMILES string of the molecule is CC(C)(CO)NC(=O)c1ccc2ccc(F)cc2n1. The number of nitrogens with one attached hydrogen (secondary N) is 1. The molecule has 4 nitrogen and oxygen atoms in total. The van der Waals surface area contributed by atoms with Crippen molar-refractivity contribution in [2.75, 3.05) is 6.61 Å². The second-order valence-corrected chi connectivity index (χ2v) is 5.03. The highest BCUT2D eigenvalue weighted by molar-refractivity contribution is 5.95. The number of aromatic nitrogens is 1. The van der Waals surface area contributed by atoms with Crippen LogP contribution in [0.2, 0.25) is 0 Å². The van der Waals surface area contributed by atoms with Gasteiger partial charge in [-0.05, 0) is 32.0 Å². The molecule has 0 bridgehead atoms. The van der Waals surface area contributed by atoms with E-state index in [9.17, 15) is 9.18 Å². The molecule has 0 aliphatic rings. The van der Waals surface area contributed by atoms with Crippen molar-refractivity contribution in [2.24, 2.45) is 0 Å². The number of aliphatic hydroxyl groups excluding tert-OH is 1. The Balaban J connectivity index is 2.33. The summed E-state index contributed by atoms with van der Waals surface area (Å²) in [5.41, 5.74) is -0.107. The van der Waals surface area contributed by atoms with Gasteiger partial charge in [0.05, 0.1) is 17.7 Å². The predicted octanol–water partition coefficient (Wildman–Crippen LogP) is 1.87. The van der Waals surface area contributed by atoms with Crippen molar-refractivity contribution in [3.05, 3.63) is 41.8 Å². The number of rotatable bonds is 3. The van der Waals surface area contributed by atoms with Gasteiger partial charge in [-0.3, -0.25) is 4.79 Å². The van der Waals surface area contributed by atoms with Crippen LogP contribution in [-0.4, -0.2) is 28.1 Å². The van der Waals surface area contributed by atoms with Crippen LogP contribution in [0.5, 0.6) is 0 Å². The predicted molar refractivity (Wildman–Crippen MR) is 70.3 cm³/mol. The Kier molecular flexibility index (Phi) is 3.48. The number of pyridine rings is 1. The van der Waals surface area contributed by atoms with E-state index in [1.807, 2.05) is 0 Å². The fourth-order valence-corrected chi connectivity index (χ4v) is 1.63. The Morgan fingerprint density at radius 2 is 2.05 bits per heavy atom. The molecule has 0 atom stereocenters. The van der Waals surface area contributed by atoms with Crippen molar-refractivity contribution in [2.45, 2.75) is 19.4 Å². The first-order valence-electron chi connectivity index (χ1n) is 5.91. The molecule has 0 saturated heterocycles. The number of hydrogen-bond acceptors (Lipinski definition) is 3. The lowest BCUT2D eigenvalue weighted by molar-refractivity contribution is 0.0864. The molecule has 2 aromatic rings. The van der Waals surface area contributed by atoms with E-state index in [2.05, 4.69) is 10.3 Å². The maximum absolute atomic E-state index is 13.1. The van der Waals surface area contributed by atoms with E-state index in [4.69, 9.17) is 5.11 Å². The number of carbonyl (C=O) groups excluding carboxylic acids is 1. The molecule has 1 amide bonds. The minimum atomic E-state index is -0.727. The third-order valence-electron chi connectivity index (χ3n) is 2.73. The molecule has 1 aromatic heterocycles. The maximum atomic E-state index is 13.1. The van der Waals surface area contributed by atoms with Crippen LogP contribution in [0.15, 0.2) is 30.3 Å². The van der Waals surface area contributed by atoms with Gasteiger partial charge in [0.2, 0.25) is 0 Å². The zero-order valence-electron chi connectivity index (χ0n) is 10.8. The van der Waals surface area contributed by atoms with E-state index < -0.39 is 17.3 Å². The molecule has 2 N–H and O–H groups in total. The lowest BCUT2D eigenvalue weighted by atomic mass is 10.1. The highest BCUT2D eigenvalue weighted by atomic mass is 19.1. The second kappa shape index (κ2) is 4.93. The second-order valence-electron chi connectivity index (χ2n) is 5.03. The molecule has 5 heteroatoms. The molecule has 0 radical (unpaired) electrons. The number of amides is 1.